The molecule has 124 valence electrons. The van der Waals surface area contributed by atoms with Crippen molar-refractivity contribution in [3.8, 4) is 5.75 Å². The third-order valence-electron chi connectivity index (χ3n) is 3.02. The number of fused-ring (bicyclic) bond motifs is 1. The van der Waals surface area contributed by atoms with E-state index in [-0.39, 0.29) is 30.8 Å². The van der Waals surface area contributed by atoms with Gasteiger partial charge in [0.1, 0.15) is 5.75 Å². The van der Waals surface area contributed by atoms with Gasteiger partial charge in [-0.15, -0.1) is 13.2 Å². The van der Waals surface area contributed by atoms with Crippen LogP contribution in [0.25, 0.3) is 0 Å². The number of Topliss-reactive ketones (excluding diaryl/α,β-unsaturated/α-hetero) is 1. The Morgan fingerprint density at radius 1 is 1.26 bits per heavy atom. The lowest BCUT2D eigenvalue weighted by molar-refractivity contribution is -0.274. The summed E-state index contributed by atoms with van der Waals surface area (Å²) in [5.41, 5.74) is -0.0561. The molecule has 0 bridgehead atoms. The molecule has 0 atom stereocenters. The molecule has 1 aliphatic heterocycles. The summed E-state index contributed by atoms with van der Waals surface area (Å²) < 4.78 is 45.0. The second-order valence-corrected chi connectivity index (χ2v) is 4.57. The minimum atomic E-state index is -4.90. The van der Waals surface area contributed by atoms with Gasteiger partial charge in [0.25, 0.3) is 11.7 Å². The molecular formula is C14H12F3NO5. The Labute approximate surface area is 128 Å². The molecule has 1 aromatic carbocycles. The van der Waals surface area contributed by atoms with Crippen molar-refractivity contribution in [1.82, 2.24) is 0 Å². The number of rotatable bonds is 5. The largest absolute Gasteiger partial charge is 0.573 e. The molecule has 9 heteroatoms. The van der Waals surface area contributed by atoms with Crippen LogP contribution in [0.5, 0.6) is 5.75 Å². The van der Waals surface area contributed by atoms with E-state index in [2.05, 4.69) is 4.74 Å². The molecule has 0 saturated heterocycles. The number of carbonyl (C=O) groups excluding carboxylic acids is 3. The molecule has 0 N–H and O–H groups in total. The lowest BCUT2D eigenvalue weighted by atomic mass is 10.1. The first-order valence-corrected chi connectivity index (χ1v) is 6.64. The van der Waals surface area contributed by atoms with E-state index in [0.29, 0.717) is 0 Å². The van der Waals surface area contributed by atoms with Crippen LogP contribution in [0.3, 0.4) is 0 Å². The SMILES string of the molecule is CCOC(=O)CCN1C(=O)C(=O)c2cc(OC(F)(F)F)ccc21. The van der Waals surface area contributed by atoms with E-state index in [0.717, 1.165) is 17.0 Å². The van der Waals surface area contributed by atoms with Crippen molar-refractivity contribution in [2.45, 2.75) is 19.7 Å². The lowest BCUT2D eigenvalue weighted by Gasteiger charge is -2.16. The fourth-order valence-corrected chi connectivity index (χ4v) is 2.13. The number of anilines is 1. The second kappa shape index (κ2) is 6.27. The standard InChI is InChI=1S/C14H12F3NO5/c1-2-22-11(19)5-6-18-10-4-3-8(23-14(15,16)17)7-9(10)12(20)13(18)21/h3-4,7H,2,5-6H2,1H3. The van der Waals surface area contributed by atoms with Crippen LogP contribution in [0, 0.1) is 0 Å². The maximum absolute atomic E-state index is 12.2. The Bertz CT molecular complexity index is 656. The molecule has 0 spiro atoms. The van der Waals surface area contributed by atoms with Crippen molar-refractivity contribution >= 4 is 23.3 Å². The predicted molar refractivity (Wildman–Crippen MR) is 71.1 cm³/mol. The van der Waals surface area contributed by atoms with Crippen LogP contribution in [0.4, 0.5) is 18.9 Å². The van der Waals surface area contributed by atoms with Gasteiger partial charge in [0.2, 0.25) is 0 Å². The van der Waals surface area contributed by atoms with Crippen LogP contribution in [0.1, 0.15) is 23.7 Å². The average Bonchev–Trinajstić information content (AvgIpc) is 2.68. The Hall–Kier alpha value is -2.58. The summed E-state index contributed by atoms with van der Waals surface area (Å²) in [4.78, 5) is 36.1. The topological polar surface area (TPSA) is 72.9 Å². The smallest absolute Gasteiger partial charge is 0.466 e. The van der Waals surface area contributed by atoms with E-state index >= 15 is 0 Å². The first-order valence-electron chi connectivity index (χ1n) is 6.64. The van der Waals surface area contributed by atoms with E-state index in [1.54, 1.807) is 6.92 Å². The third kappa shape index (κ3) is 3.79. The predicted octanol–water partition coefficient (Wildman–Crippen LogP) is 2.07. The molecule has 0 unspecified atom stereocenters. The zero-order valence-corrected chi connectivity index (χ0v) is 12.0. The highest BCUT2D eigenvalue weighted by molar-refractivity contribution is 6.52. The molecule has 1 amide bonds. The molecule has 0 aromatic heterocycles. The average molecular weight is 331 g/mol. The number of halogens is 3. The first kappa shape index (κ1) is 16.8. The first-order chi connectivity index (χ1) is 10.7. The number of amides is 1. The lowest BCUT2D eigenvalue weighted by Crippen LogP contribution is -2.32. The quantitative estimate of drug-likeness (QED) is 0.610. The minimum Gasteiger partial charge on any atom is -0.466 e. The molecule has 2 rings (SSSR count). The second-order valence-electron chi connectivity index (χ2n) is 4.57. The van der Waals surface area contributed by atoms with Crippen molar-refractivity contribution in [2.24, 2.45) is 0 Å². The van der Waals surface area contributed by atoms with Gasteiger partial charge in [0.05, 0.1) is 24.3 Å². The number of ether oxygens (including phenoxy) is 2. The van der Waals surface area contributed by atoms with Gasteiger partial charge >= 0.3 is 12.3 Å². The molecule has 0 aliphatic carbocycles. The van der Waals surface area contributed by atoms with Crippen molar-refractivity contribution in [3.05, 3.63) is 23.8 Å². The van der Waals surface area contributed by atoms with Crippen LogP contribution in [-0.2, 0) is 14.3 Å². The maximum Gasteiger partial charge on any atom is 0.573 e. The monoisotopic (exact) mass is 331 g/mol. The summed E-state index contributed by atoms with van der Waals surface area (Å²) in [6, 6.07) is 3.02. The number of esters is 1. The van der Waals surface area contributed by atoms with Crippen LogP contribution in [-0.4, -0.2) is 37.2 Å². The molecule has 0 saturated carbocycles. The number of benzene rings is 1. The highest BCUT2D eigenvalue weighted by Gasteiger charge is 2.37. The van der Waals surface area contributed by atoms with Gasteiger partial charge in [-0.25, -0.2) is 0 Å². The zero-order valence-electron chi connectivity index (χ0n) is 12.0. The number of hydrogen-bond donors (Lipinski definition) is 0. The number of alkyl halides is 3. The molecular weight excluding hydrogens is 319 g/mol. The summed E-state index contributed by atoms with van der Waals surface area (Å²) in [5, 5.41) is 0. The summed E-state index contributed by atoms with van der Waals surface area (Å²) in [6.07, 6.45) is -5.03. The van der Waals surface area contributed by atoms with E-state index in [1.165, 1.54) is 6.07 Å². The van der Waals surface area contributed by atoms with Crippen molar-refractivity contribution in [1.29, 1.82) is 0 Å². The van der Waals surface area contributed by atoms with Gasteiger partial charge in [-0.3, -0.25) is 14.4 Å². The Morgan fingerprint density at radius 3 is 2.57 bits per heavy atom. The zero-order chi connectivity index (χ0) is 17.2. The third-order valence-corrected chi connectivity index (χ3v) is 3.02. The number of ketones is 1. The number of nitrogens with zero attached hydrogens (tertiary/aromatic N) is 1. The number of hydrogen-bond acceptors (Lipinski definition) is 5. The van der Waals surface area contributed by atoms with Gasteiger partial charge in [0, 0.05) is 6.54 Å². The fraction of sp³-hybridized carbons (Fsp3) is 0.357. The van der Waals surface area contributed by atoms with Crippen LogP contribution < -0.4 is 9.64 Å². The molecule has 1 aromatic rings. The van der Waals surface area contributed by atoms with Gasteiger partial charge in [-0.1, -0.05) is 0 Å². The molecule has 0 radical (unpaired) electrons. The van der Waals surface area contributed by atoms with E-state index in [4.69, 9.17) is 4.74 Å². The van der Waals surface area contributed by atoms with Crippen LogP contribution in [0.2, 0.25) is 0 Å². The summed E-state index contributed by atoms with van der Waals surface area (Å²) in [5.74, 6) is -2.99. The van der Waals surface area contributed by atoms with Crippen molar-refractivity contribution in [2.75, 3.05) is 18.1 Å². The molecule has 6 nitrogen and oxygen atoms in total. The van der Waals surface area contributed by atoms with Gasteiger partial charge in [-0.2, -0.15) is 0 Å². The highest BCUT2D eigenvalue weighted by Crippen LogP contribution is 2.34. The van der Waals surface area contributed by atoms with E-state index in [9.17, 15) is 27.6 Å². The van der Waals surface area contributed by atoms with E-state index < -0.39 is 29.8 Å². The van der Waals surface area contributed by atoms with Gasteiger partial charge in [0.15, 0.2) is 0 Å². The van der Waals surface area contributed by atoms with E-state index in [1.807, 2.05) is 0 Å². The molecule has 1 aliphatic rings. The normalized spacial score (nSPS) is 14.0. The molecule has 23 heavy (non-hydrogen) atoms. The van der Waals surface area contributed by atoms with Crippen LogP contribution in [0.15, 0.2) is 18.2 Å². The highest BCUT2D eigenvalue weighted by atomic mass is 19.4. The fourth-order valence-electron chi connectivity index (χ4n) is 2.13. The van der Waals surface area contributed by atoms with Crippen molar-refractivity contribution in [3.63, 3.8) is 0 Å². The molecule has 1 heterocycles. The van der Waals surface area contributed by atoms with Crippen LogP contribution >= 0.6 is 0 Å². The summed E-state index contributed by atoms with van der Waals surface area (Å²) in [6.45, 7) is 1.70. The number of carbonyl (C=O) groups is 3. The van der Waals surface area contributed by atoms with Crippen molar-refractivity contribution < 1.29 is 37.0 Å². The van der Waals surface area contributed by atoms with Gasteiger partial charge < -0.3 is 14.4 Å². The van der Waals surface area contributed by atoms with Gasteiger partial charge in [-0.05, 0) is 25.1 Å². The summed E-state index contributed by atoms with van der Waals surface area (Å²) >= 11 is 0. The maximum atomic E-state index is 12.2. The Kier molecular flexibility index (Phi) is 4.57. The summed E-state index contributed by atoms with van der Waals surface area (Å²) in [7, 11) is 0. The Balaban J connectivity index is 2.19. The molecule has 0 fully saturated rings. The minimum absolute atomic E-state index is 0.101. The Morgan fingerprint density at radius 2 is 1.96 bits per heavy atom.